The first-order valence-electron chi connectivity index (χ1n) is 9.69. The molecule has 150 valence electrons. The third-order valence-corrected chi connectivity index (χ3v) is 8.39. The van der Waals surface area contributed by atoms with Crippen molar-refractivity contribution in [2.24, 2.45) is 0 Å². The largest absolute Gasteiger partial charge is 0.335 e. The number of hydrogen-bond donors (Lipinski definition) is 0. The summed E-state index contributed by atoms with van der Waals surface area (Å²) in [5.74, 6) is -0.160. The molecule has 0 saturated carbocycles. The zero-order valence-electron chi connectivity index (χ0n) is 15.8. The van der Waals surface area contributed by atoms with Crippen molar-refractivity contribution in [3.05, 3.63) is 52.2 Å². The van der Waals surface area contributed by atoms with Crippen molar-refractivity contribution in [2.75, 3.05) is 39.3 Å². The molecule has 8 heteroatoms. The highest BCUT2D eigenvalue weighted by Crippen LogP contribution is 2.29. The monoisotopic (exact) mass is 419 g/mol. The zero-order chi connectivity index (χ0) is 19.6. The minimum Gasteiger partial charge on any atom is -0.335 e. The van der Waals surface area contributed by atoms with Crippen molar-refractivity contribution >= 4 is 27.3 Å². The van der Waals surface area contributed by atoms with Gasteiger partial charge in [-0.3, -0.25) is 9.69 Å². The Morgan fingerprint density at radius 1 is 0.929 bits per heavy atom. The number of amides is 1. The highest BCUT2D eigenvalue weighted by Gasteiger charge is 2.33. The van der Waals surface area contributed by atoms with E-state index >= 15 is 0 Å². The zero-order valence-corrected chi connectivity index (χ0v) is 17.4. The van der Waals surface area contributed by atoms with Crippen LogP contribution in [0, 0.1) is 0 Å². The molecule has 0 bridgehead atoms. The Hall–Kier alpha value is -1.74. The standard InChI is InChI=1S/C20H25N3O3S2/c24-20(19-18(8-15-27-19)28(25,26)23-9-4-5-10-23)22-13-11-21(12-14-22)16-17-6-2-1-3-7-17/h1-3,6-8,15H,4-5,9-14,16H2. The summed E-state index contributed by atoms with van der Waals surface area (Å²) in [6, 6.07) is 11.9. The average Bonchev–Trinajstić information content (AvgIpc) is 3.41. The van der Waals surface area contributed by atoms with Gasteiger partial charge in [-0.2, -0.15) is 4.31 Å². The number of thiophene rings is 1. The van der Waals surface area contributed by atoms with Crippen LogP contribution >= 0.6 is 11.3 Å². The lowest BCUT2D eigenvalue weighted by Gasteiger charge is -2.34. The highest BCUT2D eigenvalue weighted by molar-refractivity contribution is 7.89. The fourth-order valence-corrected chi connectivity index (χ4v) is 6.70. The first-order valence-corrected chi connectivity index (χ1v) is 12.0. The van der Waals surface area contributed by atoms with Crippen molar-refractivity contribution < 1.29 is 13.2 Å². The molecule has 2 aliphatic heterocycles. The number of rotatable bonds is 5. The van der Waals surface area contributed by atoms with Crippen molar-refractivity contribution in [3.8, 4) is 0 Å². The summed E-state index contributed by atoms with van der Waals surface area (Å²) in [6.07, 6.45) is 1.77. The van der Waals surface area contributed by atoms with Gasteiger partial charge in [0.15, 0.2) is 0 Å². The Labute approximate surface area is 170 Å². The predicted octanol–water partition coefficient (Wildman–Crippen LogP) is 2.49. The molecule has 0 aliphatic carbocycles. The summed E-state index contributed by atoms with van der Waals surface area (Å²) in [4.78, 5) is 17.7. The lowest BCUT2D eigenvalue weighted by Crippen LogP contribution is -2.48. The topological polar surface area (TPSA) is 60.9 Å². The number of sulfonamides is 1. The predicted molar refractivity (Wildman–Crippen MR) is 110 cm³/mol. The molecule has 6 nitrogen and oxygen atoms in total. The van der Waals surface area contributed by atoms with Crippen LogP contribution in [0.25, 0.3) is 0 Å². The molecule has 0 atom stereocenters. The van der Waals surface area contributed by atoms with Crippen LogP contribution < -0.4 is 0 Å². The van der Waals surface area contributed by atoms with Crippen LogP contribution in [-0.2, 0) is 16.6 Å². The van der Waals surface area contributed by atoms with Crippen molar-refractivity contribution in [1.29, 1.82) is 0 Å². The molecule has 4 rings (SSSR count). The maximum Gasteiger partial charge on any atom is 0.265 e. The van der Waals surface area contributed by atoms with Gasteiger partial charge >= 0.3 is 0 Å². The quantitative estimate of drug-likeness (QED) is 0.747. The summed E-state index contributed by atoms with van der Waals surface area (Å²) in [7, 11) is -3.58. The number of carbonyl (C=O) groups is 1. The van der Waals surface area contributed by atoms with Gasteiger partial charge in [-0.1, -0.05) is 30.3 Å². The molecule has 0 N–H and O–H groups in total. The second-order valence-corrected chi connectivity index (χ2v) is 10.1. The van der Waals surface area contributed by atoms with Gasteiger partial charge < -0.3 is 4.90 Å². The minimum absolute atomic E-state index is 0.160. The minimum atomic E-state index is -3.58. The van der Waals surface area contributed by atoms with Crippen LogP contribution in [0.3, 0.4) is 0 Å². The number of benzene rings is 1. The van der Waals surface area contributed by atoms with Gasteiger partial charge in [0.2, 0.25) is 10.0 Å². The van der Waals surface area contributed by atoms with E-state index in [1.807, 2.05) is 18.2 Å². The second-order valence-electron chi connectivity index (χ2n) is 7.28. The van der Waals surface area contributed by atoms with Gasteiger partial charge in [-0.05, 0) is 29.9 Å². The van der Waals surface area contributed by atoms with Crippen LogP contribution in [0.15, 0.2) is 46.7 Å². The fraction of sp³-hybridized carbons (Fsp3) is 0.450. The van der Waals surface area contributed by atoms with Gasteiger partial charge in [0, 0.05) is 45.8 Å². The number of nitrogens with zero attached hydrogens (tertiary/aromatic N) is 3. The van der Waals surface area contributed by atoms with Gasteiger partial charge in [0.25, 0.3) is 5.91 Å². The molecule has 2 saturated heterocycles. The lowest BCUT2D eigenvalue weighted by molar-refractivity contribution is 0.0629. The lowest BCUT2D eigenvalue weighted by atomic mass is 10.2. The van der Waals surface area contributed by atoms with Crippen LogP contribution in [-0.4, -0.2) is 67.7 Å². The molecule has 1 amide bonds. The van der Waals surface area contributed by atoms with E-state index in [4.69, 9.17) is 0 Å². The summed E-state index contributed by atoms with van der Waals surface area (Å²) < 4.78 is 27.3. The maximum absolute atomic E-state index is 13.0. The average molecular weight is 420 g/mol. The fourth-order valence-electron chi connectivity index (χ4n) is 3.82. The van der Waals surface area contributed by atoms with E-state index < -0.39 is 10.0 Å². The second kappa shape index (κ2) is 8.32. The van der Waals surface area contributed by atoms with E-state index in [0.29, 0.717) is 31.1 Å². The van der Waals surface area contributed by atoms with Crippen LogP contribution in [0.1, 0.15) is 28.1 Å². The van der Waals surface area contributed by atoms with E-state index in [0.717, 1.165) is 32.5 Å². The van der Waals surface area contributed by atoms with E-state index in [9.17, 15) is 13.2 Å². The van der Waals surface area contributed by atoms with E-state index in [-0.39, 0.29) is 10.8 Å². The molecule has 0 spiro atoms. The Kier molecular flexibility index (Phi) is 5.82. The third kappa shape index (κ3) is 4.00. The maximum atomic E-state index is 13.0. The van der Waals surface area contributed by atoms with Crippen molar-refractivity contribution in [2.45, 2.75) is 24.3 Å². The molecule has 1 aromatic heterocycles. The number of carbonyl (C=O) groups excluding carboxylic acids is 1. The molecule has 2 aliphatic rings. The first kappa shape index (κ1) is 19.6. The smallest absolute Gasteiger partial charge is 0.265 e. The van der Waals surface area contributed by atoms with Gasteiger partial charge in [0.1, 0.15) is 9.77 Å². The van der Waals surface area contributed by atoms with Crippen molar-refractivity contribution in [3.63, 3.8) is 0 Å². The van der Waals surface area contributed by atoms with E-state index in [1.165, 1.54) is 21.2 Å². The Morgan fingerprint density at radius 3 is 2.29 bits per heavy atom. The van der Waals surface area contributed by atoms with Crippen molar-refractivity contribution in [1.82, 2.24) is 14.1 Å². The Balaban J connectivity index is 1.42. The molecular weight excluding hydrogens is 394 g/mol. The molecule has 3 heterocycles. The summed E-state index contributed by atoms with van der Waals surface area (Å²) in [6.45, 7) is 4.78. The molecule has 0 radical (unpaired) electrons. The molecule has 0 unspecified atom stereocenters. The van der Waals surface area contributed by atoms with Gasteiger partial charge in [-0.15, -0.1) is 11.3 Å². The molecule has 2 aromatic rings. The van der Waals surface area contributed by atoms with Gasteiger partial charge in [0.05, 0.1) is 0 Å². The van der Waals surface area contributed by atoms with Crippen LogP contribution in [0.4, 0.5) is 0 Å². The van der Waals surface area contributed by atoms with Crippen LogP contribution in [0.5, 0.6) is 0 Å². The van der Waals surface area contributed by atoms with E-state index in [1.54, 1.807) is 16.3 Å². The SMILES string of the molecule is O=C(c1sccc1S(=O)(=O)N1CCCC1)N1CCN(Cc2ccccc2)CC1. The molecular formula is C20H25N3O3S2. The molecule has 28 heavy (non-hydrogen) atoms. The van der Waals surface area contributed by atoms with E-state index in [2.05, 4.69) is 17.0 Å². The number of piperazine rings is 1. The van der Waals surface area contributed by atoms with Crippen LogP contribution in [0.2, 0.25) is 0 Å². The molecule has 1 aromatic carbocycles. The summed E-state index contributed by atoms with van der Waals surface area (Å²) in [5.41, 5.74) is 1.26. The summed E-state index contributed by atoms with van der Waals surface area (Å²) in [5, 5.41) is 1.71. The Bertz CT molecular complexity index is 913. The Morgan fingerprint density at radius 2 is 1.61 bits per heavy atom. The first-order chi connectivity index (χ1) is 13.6. The third-order valence-electron chi connectivity index (χ3n) is 5.41. The van der Waals surface area contributed by atoms with Gasteiger partial charge in [-0.25, -0.2) is 8.42 Å². The number of hydrogen-bond acceptors (Lipinski definition) is 5. The summed E-state index contributed by atoms with van der Waals surface area (Å²) >= 11 is 1.23. The molecule has 2 fully saturated rings. The highest BCUT2D eigenvalue weighted by atomic mass is 32.2. The normalized spacial score (nSPS) is 19.2.